The summed E-state index contributed by atoms with van der Waals surface area (Å²) < 4.78 is 32.3. The van der Waals surface area contributed by atoms with Crippen LogP contribution in [-0.2, 0) is 19.0 Å². The van der Waals surface area contributed by atoms with E-state index in [4.69, 9.17) is 8.92 Å². The second kappa shape index (κ2) is 4.53. The molecule has 1 aromatic rings. The maximum atomic E-state index is 11.0. The summed E-state index contributed by atoms with van der Waals surface area (Å²) in [5, 5.41) is 0. The van der Waals surface area contributed by atoms with Crippen molar-refractivity contribution in [2.45, 2.75) is 18.6 Å². The van der Waals surface area contributed by atoms with Crippen LogP contribution >= 0.6 is 0 Å². The first-order valence-corrected chi connectivity index (χ1v) is 6.91. The third kappa shape index (κ3) is 3.04. The molecule has 2 rings (SSSR count). The Morgan fingerprint density at radius 3 is 2.62 bits per heavy atom. The summed E-state index contributed by atoms with van der Waals surface area (Å²) in [4.78, 5) is 0. The van der Waals surface area contributed by atoms with Crippen molar-refractivity contribution in [1.82, 2.24) is 0 Å². The fourth-order valence-electron chi connectivity index (χ4n) is 1.81. The minimum atomic E-state index is -3.39. The summed E-state index contributed by atoms with van der Waals surface area (Å²) in [6.07, 6.45) is 1.22. The molecule has 0 spiro atoms. The number of hydrogen-bond acceptors (Lipinski definition) is 4. The molecule has 5 heteroatoms. The number of ether oxygens (including phenoxy) is 1. The maximum Gasteiger partial charge on any atom is 0.264 e. The Labute approximate surface area is 95.3 Å². The van der Waals surface area contributed by atoms with E-state index in [1.807, 2.05) is 30.3 Å². The first-order chi connectivity index (χ1) is 7.54. The van der Waals surface area contributed by atoms with Crippen LogP contribution in [0.4, 0.5) is 0 Å². The van der Waals surface area contributed by atoms with Gasteiger partial charge < -0.3 is 4.74 Å². The third-order valence-electron chi connectivity index (χ3n) is 2.44. The van der Waals surface area contributed by atoms with E-state index in [0.29, 0.717) is 13.0 Å². The highest BCUT2D eigenvalue weighted by molar-refractivity contribution is 7.86. The van der Waals surface area contributed by atoms with Gasteiger partial charge in [0.2, 0.25) is 0 Å². The molecule has 1 fully saturated rings. The standard InChI is InChI=1S/C11H14O4S/c1-16(12,13)15-10-7-11(14-8-10)9-5-3-2-4-6-9/h2-6,10-11H,7-8H2,1H3. The van der Waals surface area contributed by atoms with Crippen LogP contribution in [0.3, 0.4) is 0 Å². The van der Waals surface area contributed by atoms with E-state index in [9.17, 15) is 8.42 Å². The van der Waals surface area contributed by atoms with E-state index in [1.54, 1.807) is 0 Å². The second-order valence-electron chi connectivity index (χ2n) is 3.89. The molecule has 0 aromatic heterocycles. The number of hydrogen-bond donors (Lipinski definition) is 0. The predicted octanol–water partition coefficient (Wildman–Crippen LogP) is 1.49. The third-order valence-corrected chi connectivity index (χ3v) is 3.06. The number of rotatable bonds is 3. The highest BCUT2D eigenvalue weighted by Gasteiger charge is 2.29. The van der Waals surface area contributed by atoms with E-state index in [0.717, 1.165) is 11.8 Å². The first kappa shape index (κ1) is 11.6. The lowest BCUT2D eigenvalue weighted by atomic mass is 10.1. The van der Waals surface area contributed by atoms with Crippen molar-refractivity contribution in [3.63, 3.8) is 0 Å². The van der Waals surface area contributed by atoms with Crippen molar-refractivity contribution in [3.8, 4) is 0 Å². The Kier molecular flexibility index (Phi) is 3.28. The molecule has 1 aromatic carbocycles. The Morgan fingerprint density at radius 1 is 1.31 bits per heavy atom. The van der Waals surface area contributed by atoms with Crippen LogP contribution in [0.1, 0.15) is 18.1 Å². The van der Waals surface area contributed by atoms with Crippen LogP contribution in [0.2, 0.25) is 0 Å². The largest absolute Gasteiger partial charge is 0.371 e. The van der Waals surface area contributed by atoms with Crippen molar-refractivity contribution in [2.24, 2.45) is 0 Å². The molecule has 0 radical (unpaired) electrons. The Hall–Kier alpha value is -0.910. The lowest BCUT2D eigenvalue weighted by Gasteiger charge is -2.09. The fourth-order valence-corrected chi connectivity index (χ4v) is 2.44. The van der Waals surface area contributed by atoms with Gasteiger partial charge in [0.1, 0.15) is 6.10 Å². The molecule has 0 bridgehead atoms. The van der Waals surface area contributed by atoms with Gasteiger partial charge in [0.25, 0.3) is 10.1 Å². The minimum absolute atomic E-state index is 0.0621. The van der Waals surface area contributed by atoms with Gasteiger partial charge in [-0.2, -0.15) is 8.42 Å². The van der Waals surface area contributed by atoms with Gasteiger partial charge in [-0.15, -0.1) is 0 Å². The van der Waals surface area contributed by atoms with Crippen LogP contribution in [0.5, 0.6) is 0 Å². The average Bonchev–Trinajstić information content (AvgIpc) is 2.65. The molecule has 1 saturated heterocycles. The lowest BCUT2D eigenvalue weighted by molar-refractivity contribution is 0.0958. The van der Waals surface area contributed by atoms with Crippen LogP contribution in [0.25, 0.3) is 0 Å². The van der Waals surface area contributed by atoms with Crippen molar-refractivity contribution in [2.75, 3.05) is 12.9 Å². The summed E-state index contributed by atoms with van der Waals surface area (Å²) in [5.41, 5.74) is 1.06. The smallest absolute Gasteiger partial charge is 0.264 e. The molecule has 0 amide bonds. The molecule has 1 heterocycles. The van der Waals surface area contributed by atoms with Gasteiger partial charge in [-0.3, -0.25) is 4.18 Å². The van der Waals surface area contributed by atoms with Gasteiger partial charge in [-0.25, -0.2) is 0 Å². The second-order valence-corrected chi connectivity index (χ2v) is 5.49. The highest BCUT2D eigenvalue weighted by atomic mass is 32.2. The van der Waals surface area contributed by atoms with Crippen molar-refractivity contribution in [3.05, 3.63) is 35.9 Å². The highest BCUT2D eigenvalue weighted by Crippen LogP contribution is 2.30. The van der Waals surface area contributed by atoms with Gasteiger partial charge in [0.05, 0.1) is 19.0 Å². The summed E-state index contributed by atoms with van der Waals surface area (Å²) >= 11 is 0. The normalized spacial score (nSPS) is 25.8. The van der Waals surface area contributed by atoms with Crippen LogP contribution in [0.15, 0.2) is 30.3 Å². The number of benzene rings is 1. The topological polar surface area (TPSA) is 52.6 Å². The predicted molar refractivity (Wildman–Crippen MR) is 59.5 cm³/mol. The fraction of sp³-hybridized carbons (Fsp3) is 0.455. The maximum absolute atomic E-state index is 11.0. The van der Waals surface area contributed by atoms with E-state index in [1.165, 1.54) is 0 Å². The van der Waals surface area contributed by atoms with E-state index >= 15 is 0 Å². The van der Waals surface area contributed by atoms with E-state index < -0.39 is 10.1 Å². The molecule has 2 atom stereocenters. The molecule has 4 nitrogen and oxygen atoms in total. The molecule has 1 aliphatic heterocycles. The molecule has 88 valence electrons. The minimum Gasteiger partial charge on any atom is -0.371 e. The molecule has 2 unspecified atom stereocenters. The summed E-state index contributed by atoms with van der Waals surface area (Å²) in [5.74, 6) is 0. The van der Waals surface area contributed by atoms with Crippen molar-refractivity contribution in [1.29, 1.82) is 0 Å². The summed E-state index contributed by atoms with van der Waals surface area (Å²) in [7, 11) is -3.39. The molecule has 0 N–H and O–H groups in total. The van der Waals surface area contributed by atoms with Gasteiger partial charge in [0, 0.05) is 6.42 Å². The van der Waals surface area contributed by atoms with Gasteiger partial charge in [-0.05, 0) is 5.56 Å². The summed E-state index contributed by atoms with van der Waals surface area (Å²) in [6.45, 7) is 0.326. The van der Waals surface area contributed by atoms with E-state index in [2.05, 4.69) is 0 Å². The zero-order valence-electron chi connectivity index (χ0n) is 9.00. The molecule has 1 aliphatic rings. The van der Waals surface area contributed by atoms with Gasteiger partial charge in [0.15, 0.2) is 0 Å². The monoisotopic (exact) mass is 242 g/mol. The van der Waals surface area contributed by atoms with E-state index in [-0.39, 0.29) is 12.2 Å². The molecular formula is C11H14O4S. The Bertz CT molecular complexity index is 440. The Balaban J connectivity index is 1.99. The van der Waals surface area contributed by atoms with Gasteiger partial charge in [-0.1, -0.05) is 30.3 Å². The van der Waals surface area contributed by atoms with Crippen LogP contribution in [-0.4, -0.2) is 27.4 Å². The zero-order chi connectivity index (χ0) is 11.6. The molecular weight excluding hydrogens is 228 g/mol. The average molecular weight is 242 g/mol. The van der Waals surface area contributed by atoms with Crippen molar-refractivity contribution < 1.29 is 17.3 Å². The van der Waals surface area contributed by atoms with Crippen LogP contribution in [0, 0.1) is 0 Å². The Morgan fingerprint density at radius 2 is 2.00 bits per heavy atom. The quantitative estimate of drug-likeness (QED) is 0.754. The summed E-state index contributed by atoms with van der Waals surface area (Å²) in [6, 6.07) is 9.73. The van der Waals surface area contributed by atoms with Gasteiger partial charge >= 0.3 is 0 Å². The molecule has 0 saturated carbocycles. The first-order valence-electron chi connectivity index (χ1n) is 5.09. The molecule has 0 aliphatic carbocycles. The van der Waals surface area contributed by atoms with Crippen LogP contribution < -0.4 is 0 Å². The van der Waals surface area contributed by atoms with Crippen molar-refractivity contribution >= 4 is 10.1 Å². The SMILES string of the molecule is CS(=O)(=O)OC1COC(c2ccccc2)C1. The zero-order valence-corrected chi connectivity index (χ0v) is 9.81. The molecule has 16 heavy (non-hydrogen) atoms. The lowest BCUT2D eigenvalue weighted by Crippen LogP contribution is -2.17.